The molecular weight excluding hydrogens is 214 g/mol. The average Bonchev–Trinajstić information content (AvgIpc) is 2.89. The third-order valence-electron chi connectivity index (χ3n) is 3.04. The van der Waals surface area contributed by atoms with E-state index < -0.39 is 0 Å². The standard InChI is InChI=1S/C14H13NS/c1-10-2-5-14-11(6-10)3-4-12(14)7-13-8-15-9-16-13/h2,5-9H,3-4H2,1H3/b12-7+. The number of benzene rings is 1. The first-order chi connectivity index (χ1) is 7.83. The molecule has 1 aromatic carbocycles. The number of hydrogen-bond acceptors (Lipinski definition) is 2. The van der Waals surface area contributed by atoms with Crippen molar-refractivity contribution in [3.63, 3.8) is 0 Å². The molecule has 16 heavy (non-hydrogen) atoms. The lowest BCUT2D eigenvalue weighted by molar-refractivity contribution is 1.08. The Morgan fingerprint density at radius 2 is 2.25 bits per heavy atom. The number of hydrogen-bond donors (Lipinski definition) is 0. The van der Waals surface area contributed by atoms with Crippen molar-refractivity contribution in [3.8, 4) is 0 Å². The van der Waals surface area contributed by atoms with Crippen molar-refractivity contribution in [2.45, 2.75) is 19.8 Å². The number of aromatic nitrogens is 1. The fourth-order valence-corrected chi connectivity index (χ4v) is 2.84. The van der Waals surface area contributed by atoms with Crippen LogP contribution >= 0.6 is 11.3 Å². The summed E-state index contributed by atoms with van der Waals surface area (Å²) >= 11 is 1.70. The van der Waals surface area contributed by atoms with Crippen LogP contribution in [0.2, 0.25) is 0 Å². The fourth-order valence-electron chi connectivity index (χ4n) is 2.27. The van der Waals surface area contributed by atoms with Gasteiger partial charge in [-0.3, -0.25) is 4.98 Å². The van der Waals surface area contributed by atoms with E-state index in [1.807, 2.05) is 11.7 Å². The minimum Gasteiger partial charge on any atom is -0.253 e. The van der Waals surface area contributed by atoms with Gasteiger partial charge in [0, 0.05) is 11.1 Å². The molecule has 0 bridgehead atoms. The molecule has 0 fully saturated rings. The van der Waals surface area contributed by atoms with Gasteiger partial charge in [-0.05, 0) is 42.5 Å². The largest absolute Gasteiger partial charge is 0.253 e. The van der Waals surface area contributed by atoms with Crippen LogP contribution < -0.4 is 0 Å². The zero-order valence-electron chi connectivity index (χ0n) is 9.23. The van der Waals surface area contributed by atoms with Crippen LogP contribution in [-0.4, -0.2) is 4.98 Å². The normalized spacial score (nSPS) is 16.7. The highest BCUT2D eigenvalue weighted by Gasteiger charge is 2.15. The highest BCUT2D eigenvalue weighted by Crippen LogP contribution is 2.34. The van der Waals surface area contributed by atoms with Crippen molar-refractivity contribution in [2.24, 2.45) is 0 Å². The van der Waals surface area contributed by atoms with Gasteiger partial charge in [0.2, 0.25) is 0 Å². The molecule has 0 radical (unpaired) electrons. The molecule has 80 valence electrons. The smallest absolute Gasteiger partial charge is 0.0797 e. The first-order valence-electron chi connectivity index (χ1n) is 5.52. The number of rotatable bonds is 1. The van der Waals surface area contributed by atoms with Crippen LogP contribution in [0.15, 0.2) is 29.9 Å². The van der Waals surface area contributed by atoms with Gasteiger partial charge in [-0.25, -0.2) is 0 Å². The Bertz CT molecular complexity index is 538. The van der Waals surface area contributed by atoms with Gasteiger partial charge in [0.15, 0.2) is 0 Å². The van der Waals surface area contributed by atoms with Gasteiger partial charge in [-0.1, -0.05) is 23.8 Å². The Morgan fingerprint density at radius 3 is 3.06 bits per heavy atom. The average molecular weight is 227 g/mol. The van der Waals surface area contributed by atoms with E-state index in [4.69, 9.17) is 0 Å². The molecule has 1 aliphatic carbocycles. The topological polar surface area (TPSA) is 12.9 Å². The second-order valence-corrected chi connectivity index (χ2v) is 5.15. The number of thiazole rings is 1. The Morgan fingerprint density at radius 1 is 1.31 bits per heavy atom. The van der Waals surface area contributed by atoms with Crippen molar-refractivity contribution >= 4 is 23.0 Å². The van der Waals surface area contributed by atoms with Gasteiger partial charge >= 0.3 is 0 Å². The van der Waals surface area contributed by atoms with Crippen molar-refractivity contribution in [2.75, 3.05) is 0 Å². The zero-order valence-corrected chi connectivity index (χ0v) is 10.1. The van der Waals surface area contributed by atoms with Gasteiger partial charge in [-0.2, -0.15) is 0 Å². The highest BCUT2D eigenvalue weighted by molar-refractivity contribution is 7.10. The first kappa shape index (κ1) is 9.79. The summed E-state index contributed by atoms with van der Waals surface area (Å²) in [6.45, 7) is 2.16. The van der Waals surface area contributed by atoms with Crippen molar-refractivity contribution in [1.82, 2.24) is 4.98 Å². The Kier molecular flexibility index (Phi) is 2.37. The predicted octanol–water partition coefficient (Wildman–Crippen LogP) is 3.94. The van der Waals surface area contributed by atoms with E-state index in [9.17, 15) is 0 Å². The zero-order chi connectivity index (χ0) is 11.0. The summed E-state index contributed by atoms with van der Waals surface area (Å²) in [6, 6.07) is 6.76. The Balaban J connectivity index is 2.03. The van der Waals surface area contributed by atoms with Gasteiger partial charge in [0.05, 0.1) is 5.51 Å². The molecule has 1 aromatic heterocycles. The molecule has 1 nitrogen and oxygen atoms in total. The summed E-state index contributed by atoms with van der Waals surface area (Å²) in [5.41, 5.74) is 7.63. The number of allylic oxidation sites excluding steroid dienone is 1. The third-order valence-corrected chi connectivity index (χ3v) is 3.76. The monoisotopic (exact) mass is 227 g/mol. The summed E-state index contributed by atoms with van der Waals surface area (Å²) in [4.78, 5) is 5.36. The second-order valence-electron chi connectivity index (χ2n) is 4.23. The third kappa shape index (κ3) is 1.69. The van der Waals surface area contributed by atoms with Gasteiger partial charge in [0.1, 0.15) is 0 Å². The van der Waals surface area contributed by atoms with Gasteiger partial charge in [-0.15, -0.1) is 11.3 Å². The lowest BCUT2D eigenvalue weighted by Crippen LogP contribution is -1.82. The molecule has 3 rings (SSSR count). The number of aryl methyl sites for hydroxylation is 2. The summed E-state index contributed by atoms with van der Waals surface area (Å²) < 4.78 is 0. The Labute approximate surface area is 99.5 Å². The minimum atomic E-state index is 1.16. The van der Waals surface area contributed by atoms with E-state index in [1.54, 1.807) is 11.3 Å². The van der Waals surface area contributed by atoms with Crippen molar-refractivity contribution in [1.29, 1.82) is 0 Å². The number of fused-ring (bicyclic) bond motifs is 1. The van der Waals surface area contributed by atoms with E-state index in [0.717, 1.165) is 6.42 Å². The lowest BCUT2D eigenvalue weighted by Gasteiger charge is -2.01. The van der Waals surface area contributed by atoms with Crippen LogP contribution in [0.1, 0.15) is 28.0 Å². The van der Waals surface area contributed by atoms with E-state index in [2.05, 4.69) is 36.2 Å². The molecule has 0 atom stereocenters. The van der Waals surface area contributed by atoms with E-state index >= 15 is 0 Å². The van der Waals surface area contributed by atoms with Crippen LogP contribution in [0, 0.1) is 6.92 Å². The summed E-state index contributed by atoms with van der Waals surface area (Å²) in [5.74, 6) is 0. The summed E-state index contributed by atoms with van der Waals surface area (Å²) in [7, 11) is 0. The molecule has 0 aliphatic heterocycles. The molecule has 0 saturated heterocycles. The van der Waals surface area contributed by atoms with E-state index in [1.165, 1.54) is 33.6 Å². The molecule has 0 N–H and O–H groups in total. The highest BCUT2D eigenvalue weighted by atomic mass is 32.1. The Hall–Kier alpha value is -1.41. The first-order valence-corrected chi connectivity index (χ1v) is 6.40. The molecule has 1 aliphatic rings. The lowest BCUT2D eigenvalue weighted by atomic mass is 10.0. The molecule has 2 aromatic rings. The van der Waals surface area contributed by atoms with Crippen LogP contribution in [0.3, 0.4) is 0 Å². The van der Waals surface area contributed by atoms with Gasteiger partial charge in [0.25, 0.3) is 0 Å². The molecule has 0 amide bonds. The SMILES string of the molecule is Cc1ccc2c(c1)CC/C2=C\c1cncs1. The molecule has 1 heterocycles. The van der Waals surface area contributed by atoms with E-state index in [0.29, 0.717) is 0 Å². The molecular formula is C14H13NS. The maximum absolute atomic E-state index is 4.11. The molecule has 0 spiro atoms. The van der Waals surface area contributed by atoms with Gasteiger partial charge < -0.3 is 0 Å². The van der Waals surface area contributed by atoms with Crippen LogP contribution in [0.4, 0.5) is 0 Å². The fraction of sp³-hybridized carbons (Fsp3) is 0.214. The van der Waals surface area contributed by atoms with Crippen LogP contribution in [-0.2, 0) is 6.42 Å². The minimum absolute atomic E-state index is 1.16. The molecule has 2 heteroatoms. The second kappa shape index (κ2) is 3.87. The molecule has 0 unspecified atom stereocenters. The summed E-state index contributed by atoms with van der Waals surface area (Å²) in [6.07, 6.45) is 6.56. The summed E-state index contributed by atoms with van der Waals surface area (Å²) in [5, 5.41) is 0. The van der Waals surface area contributed by atoms with Crippen molar-refractivity contribution < 1.29 is 0 Å². The van der Waals surface area contributed by atoms with E-state index in [-0.39, 0.29) is 0 Å². The predicted molar refractivity (Wildman–Crippen MR) is 69.5 cm³/mol. The molecule has 0 saturated carbocycles. The van der Waals surface area contributed by atoms with Crippen LogP contribution in [0.25, 0.3) is 11.6 Å². The van der Waals surface area contributed by atoms with Crippen molar-refractivity contribution in [3.05, 3.63) is 51.5 Å². The quantitative estimate of drug-likeness (QED) is 0.719. The number of nitrogens with zero attached hydrogens (tertiary/aromatic N) is 1. The maximum atomic E-state index is 4.11. The maximum Gasteiger partial charge on any atom is 0.0797 e. The van der Waals surface area contributed by atoms with Crippen LogP contribution in [0.5, 0.6) is 0 Å².